The number of hydrogen-bond acceptors (Lipinski definition) is 3. The number of aliphatic hydroxyl groups is 1. The molecule has 0 amide bonds. The Labute approximate surface area is 110 Å². The summed E-state index contributed by atoms with van der Waals surface area (Å²) in [6.07, 6.45) is -7.39. The van der Waals surface area contributed by atoms with E-state index in [1.807, 2.05) is 20.8 Å². The lowest BCUT2D eigenvalue weighted by Gasteiger charge is -2.25. The Kier molecular flexibility index (Phi) is 4.05. The molecule has 1 aromatic rings. The van der Waals surface area contributed by atoms with E-state index in [1.165, 1.54) is 13.2 Å². The van der Waals surface area contributed by atoms with Crippen molar-refractivity contribution in [1.82, 2.24) is 0 Å². The molecular weight excluding hydrogens is 259 g/mol. The number of nitrogens with two attached hydrogens (primary N) is 1. The van der Waals surface area contributed by atoms with Crippen molar-refractivity contribution in [3.63, 3.8) is 0 Å². The molecule has 1 rings (SSSR count). The van der Waals surface area contributed by atoms with Crippen molar-refractivity contribution >= 4 is 5.69 Å². The van der Waals surface area contributed by atoms with E-state index in [9.17, 15) is 18.3 Å². The maximum Gasteiger partial charge on any atom is 0.418 e. The second kappa shape index (κ2) is 4.92. The number of rotatable bonds is 2. The smallest absolute Gasteiger partial charge is 0.418 e. The number of anilines is 1. The zero-order valence-electron chi connectivity index (χ0n) is 11.3. The molecular formula is C13H18F3NO2. The predicted molar refractivity (Wildman–Crippen MR) is 67.1 cm³/mol. The van der Waals surface area contributed by atoms with Crippen LogP contribution >= 0.6 is 0 Å². The van der Waals surface area contributed by atoms with Gasteiger partial charge in [-0.3, -0.25) is 0 Å². The molecule has 0 radical (unpaired) electrons. The van der Waals surface area contributed by atoms with Crippen LogP contribution in [0.1, 0.15) is 38.0 Å². The van der Waals surface area contributed by atoms with Gasteiger partial charge in [0.2, 0.25) is 0 Å². The van der Waals surface area contributed by atoms with Gasteiger partial charge in [0, 0.05) is 5.56 Å². The topological polar surface area (TPSA) is 55.5 Å². The van der Waals surface area contributed by atoms with Crippen molar-refractivity contribution < 1.29 is 23.0 Å². The summed E-state index contributed by atoms with van der Waals surface area (Å²) in [6, 6.07) is 2.85. The number of nitrogen functional groups attached to an aromatic ring is 1. The first kappa shape index (κ1) is 15.6. The molecule has 0 fully saturated rings. The van der Waals surface area contributed by atoms with Crippen LogP contribution in [0.5, 0.6) is 5.75 Å². The first-order valence-corrected chi connectivity index (χ1v) is 5.71. The fourth-order valence-corrected chi connectivity index (χ4v) is 1.72. The molecule has 3 nitrogen and oxygen atoms in total. The number of ether oxygens (including phenoxy) is 1. The zero-order valence-corrected chi connectivity index (χ0v) is 11.3. The van der Waals surface area contributed by atoms with Crippen LogP contribution in [-0.2, 0) is 5.41 Å². The van der Waals surface area contributed by atoms with Crippen LogP contribution in [0, 0.1) is 0 Å². The van der Waals surface area contributed by atoms with E-state index in [2.05, 4.69) is 0 Å². The average molecular weight is 277 g/mol. The molecule has 0 aliphatic rings. The van der Waals surface area contributed by atoms with Gasteiger partial charge in [0.05, 0.1) is 12.8 Å². The fraction of sp³-hybridized carbons (Fsp3) is 0.538. The second-order valence-corrected chi connectivity index (χ2v) is 5.38. The summed E-state index contributed by atoms with van der Waals surface area (Å²) >= 11 is 0. The Hall–Kier alpha value is -1.43. The molecule has 1 unspecified atom stereocenters. The van der Waals surface area contributed by atoms with Crippen molar-refractivity contribution in [3.05, 3.63) is 23.3 Å². The average Bonchev–Trinajstić information content (AvgIpc) is 2.24. The van der Waals surface area contributed by atoms with E-state index in [0.29, 0.717) is 5.56 Å². The molecule has 1 atom stereocenters. The summed E-state index contributed by atoms with van der Waals surface area (Å²) in [5, 5.41) is 9.42. The third kappa shape index (κ3) is 3.32. The van der Waals surface area contributed by atoms with Crippen molar-refractivity contribution in [3.8, 4) is 5.75 Å². The lowest BCUT2D eigenvalue weighted by molar-refractivity contribution is -0.207. The summed E-state index contributed by atoms with van der Waals surface area (Å²) in [5.41, 5.74) is 5.64. The molecule has 0 bridgehead atoms. The van der Waals surface area contributed by atoms with E-state index in [4.69, 9.17) is 10.5 Å². The van der Waals surface area contributed by atoms with Crippen molar-refractivity contribution in [2.45, 2.75) is 38.5 Å². The predicted octanol–water partition coefficient (Wildman–Crippen LogP) is 3.17. The highest BCUT2D eigenvalue weighted by atomic mass is 19.4. The first-order valence-electron chi connectivity index (χ1n) is 5.71. The SMILES string of the molecule is COc1c(N)cc(C(C)(C)C)cc1C(O)C(F)(F)F. The molecule has 0 saturated heterocycles. The van der Waals surface area contributed by atoms with Crippen LogP contribution in [0.4, 0.5) is 18.9 Å². The van der Waals surface area contributed by atoms with Crippen LogP contribution in [-0.4, -0.2) is 18.4 Å². The number of aliphatic hydroxyl groups excluding tert-OH is 1. The molecule has 6 heteroatoms. The Morgan fingerprint density at radius 1 is 1.21 bits per heavy atom. The van der Waals surface area contributed by atoms with E-state index >= 15 is 0 Å². The van der Waals surface area contributed by atoms with Crippen LogP contribution in [0.2, 0.25) is 0 Å². The molecule has 1 aromatic carbocycles. The van der Waals surface area contributed by atoms with Gasteiger partial charge >= 0.3 is 6.18 Å². The molecule has 0 aromatic heterocycles. The summed E-state index contributed by atoms with van der Waals surface area (Å²) < 4.78 is 42.9. The van der Waals surface area contributed by atoms with Crippen molar-refractivity contribution in [2.75, 3.05) is 12.8 Å². The molecule has 0 spiro atoms. The third-order valence-electron chi connectivity index (χ3n) is 2.82. The maximum absolute atomic E-state index is 12.7. The molecule has 3 N–H and O–H groups in total. The number of benzene rings is 1. The van der Waals surface area contributed by atoms with Crippen LogP contribution in [0.25, 0.3) is 0 Å². The van der Waals surface area contributed by atoms with Gasteiger partial charge in [-0.15, -0.1) is 0 Å². The molecule has 108 valence electrons. The molecule has 0 heterocycles. The highest BCUT2D eigenvalue weighted by Gasteiger charge is 2.41. The summed E-state index contributed by atoms with van der Waals surface area (Å²) in [7, 11) is 1.22. The third-order valence-corrected chi connectivity index (χ3v) is 2.82. The van der Waals surface area contributed by atoms with Gasteiger partial charge in [0.25, 0.3) is 0 Å². The molecule has 19 heavy (non-hydrogen) atoms. The largest absolute Gasteiger partial charge is 0.494 e. The number of methoxy groups -OCH3 is 1. The van der Waals surface area contributed by atoms with E-state index in [-0.39, 0.29) is 22.4 Å². The standard InChI is InChI=1S/C13H18F3NO2/c1-12(2,3)7-5-8(11(18)13(14,15)16)10(19-4)9(17)6-7/h5-6,11,18H,17H2,1-4H3. The van der Waals surface area contributed by atoms with Gasteiger partial charge in [0.1, 0.15) is 5.75 Å². The maximum atomic E-state index is 12.7. The van der Waals surface area contributed by atoms with E-state index in [0.717, 1.165) is 0 Å². The van der Waals surface area contributed by atoms with Crippen molar-refractivity contribution in [2.24, 2.45) is 0 Å². The minimum Gasteiger partial charge on any atom is -0.494 e. The van der Waals surface area contributed by atoms with Gasteiger partial charge in [-0.25, -0.2) is 0 Å². The highest BCUT2D eigenvalue weighted by Crippen LogP contribution is 2.42. The molecule has 0 aliphatic carbocycles. The second-order valence-electron chi connectivity index (χ2n) is 5.38. The van der Waals surface area contributed by atoms with Gasteiger partial charge in [-0.1, -0.05) is 20.8 Å². The lowest BCUT2D eigenvalue weighted by Crippen LogP contribution is -2.22. The zero-order chi connectivity index (χ0) is 15.0. The monoisotopic (exact) mass is 277 g/mol. The highest BCUT2D eigenvalue weighted by molar-refractivity contribution is 5.60. The van der Waals surface area contributed by atoms with Gasteiger partial charge in [-0.2, -0.15) is 13.2 Å². The summed E-state index contributed by atoms with van der Waals surface area (Å²) in [6.45, 7) is 5.54. The lowest BCUT2D eigenvalue weighted by atomic mass is 9.85. The number of alkyl halides is 3. The quantitative estimate of drug-likeness (QED) is 0.816. The first-order chi connectivity index (χ1) is 8.48. The Balaban J connectivity index is 3.48. The minimum atomic E-state index is -4.77. The molecule has 0 aliphatic heterocycles. The Morgan fingerprint density at radius 3 is 2.11 bits per heavy atom. The van der Waals surface area contributed by atoms with Gasteiger partial charge in [-0.05, 0) is 23.1 Å². The summed E-state index contributed by atoms with van der Waals surface area (Å²) in [4.78, 5) is 0. The minimum absolute atomic E-state index is 0.0771. The number of halogens is 3. The van der Waals surface area contributed by atoms with Gasteiger partial charge in [0.15, 0.2) is 6.10 Å². The van der Waals surface area contributed by atoms with Gasteiger partial charge < -0.3 is 15.6 Å². The van der Waals surface area contributed by atoms with E-state index < -0.39 is 12.3 Å². The molecule has 0 saturated carbocycles. The summed E-state index contributed by atoms with van der Waals surface area (Å²) in [5.74, 6) is -0.141. The normalized spacial score (nSPS) is 14.3. The fourth-order valence-electron chi connectivity index (χ4n) is 1.72. The Morgan fingerprint density at radius 2 is 1.74 bits per heavy atom. The van der Waals surface area contributed by atoms with Crippen LogP contribution in [0.3, 0.4) is 0 Å². The Bertz CT molecular complexity index is 464. The number of hydrogen-bond donors (Lipinski definition) is 2. The van der Waals surface area contributed by atoms with Crippen LogP contribution in [0.15, 0.2) is 12.1 Å². The van der Waals surface area contributed by atoms with Crippen LogP contribution < -0.4 is 10.5 Å². The van der Waals surface area contributed by atoms with Crippen molar-refractivity contribution in [1.29, 1.82) is 0 Å². The van der Waals surface area contributed by atoms with E-state index in [1.54, 1.807) is 6.07 Å².